The molecule has 0 saturated carbocycles. The molecular formula is C6H6NNaO2. The van der Waals surface area contributed by atoms with Crippen LogP contribution in [0.2, 0.25) is 0 Å². The Morgan fingerprint density at radius 1 is 1.70 bits per heavy atom. The van der Waals surface area contributed by atoms with Gasteiger partial charge in [0, 0.05) is 17.5 Å². The van der Waals surface area contributed by atoms with Crippen molar-refractivity contribution in [3.8, 4) is 0 Å². The van der Waals surface area contributed by atoms with E-state index in [-0.39, 0.29) is 35.1 Å². The van der Waals surface area contributed by atoms with Crippen molar-refractivity contribution in [2.75, 3.05) is 0 Å². The van der Waals surface area contributed by atoms with Gasteiger partial charge in [0.2, 0.25) is 0 Å². The van der Waals surface area contributed by atoms with Gasteiger partial charge in [-0.05, 0) is 13.0 Å². The van der Waals surface area contributed by atoms with Crippen LogP contribution in [0.3, 0.4) is 0 Å². The van der Waals surface area contributed by atoms with Crippen molar-refractivity contribution >= 4 is 5.97 Å². The summed E-state index contributed by atoms with van der Waals surface area (Å²) in [4.78, 5) is 12.9. The standard InChI is InChI=1S/C6H7NO2.Na/c1-4-5(6(8)9)2-3-7-4;/h2-3,7H,1H3,(H,8,9);/q;+1/p-1. The number of aryl methyl sites for hydroxylation is 1. The van der Waals surface area contributed by atoms with Crippen molar-refractivity contribution in [3.63, 3.8) is 0 Å². The molecule has 0 saturated heterocycles. The van der Waals surface area contributed by atoms with E-state index in [0.29, 0.717) is 5.69 Å². The average molecular weight is 147 g/mol. The van der Waals surface area contributed by atoms with Crippen molar-refractivity contribution in [2.24, 2.45) is 0 Å². The van der Waals surface area contributed by atoms with Gasteiger partial charge >= 0.3 is 29.6 Å². The van der Waals surface area contributed by atoms with Crippen molar-refractivity contribution in [1.82, 2.24) is 4.98 Å². The minimum atomic E-state index is -1.13. The first-order valence-corrected chi connectivity index (χ1v) is 2.57. The third-order valence-electron chi connectivity index (χ3n) is 1.17. The molecule has 0 aliphatic carbocycles. The Bertz CT molecular complexity index is 231. The van der Waals surface area contributed by atoms with Crippen LogP contribution in [0.1, 0.15) is 16.1 Å². The van der Waals surface area contributed by atoms with Crippen LogP contribution in [0.5, 0.6) is 0 Å². The second kappa shape index (κ2) is 3.81. The SMILES string of the molecule is Cc1[nH]ccc1C(=O)[O-].[Na+]. The van der Waals surface area contributed by atoms with Gasteiger partial charge in [0.15, 0.2) is 0 Å². The van der Waals surface area contributed by atoms with Crippen LogP contribution < -0.4 is 34.7 Å². The number of aromatic amines is 1. The van der Waals surface area contributed by atoms with Gasteiger partial charge in [0.1, 0.15) is 0 Å². The van der Waals surface area contributed by atoms with Crippen molar-refractivity contribution in [3.05, 3.63) is 23.5 Å². The number of carbonyl (C=O) groups is 1. The van der Waals surface area contributed by atoms with E-state index in [0.717, 1.165) is 0 Å². The van der Waals surface area contributed by atoms with Crippen LogP contribution in [0.25, 0.3) is 0 Å². The van der Waals surface area contributed by atoms with E-state index in [1.807, 2.05) is 0 Å². The molecule has 0 fully saturated rings. The minimum Gasteiger partial charge on any atom is -0.545 e. The molecule has 0 atom stereocenters. The van der Waals surface area contributed by atoms with E-state index in [1.54, 1.807) is 13.1 Å². The van der Waals surface area contributed by atoms with Crippen molar-refractivity contribution in [1.29, 1.82) is 0 Å². The summed E-state index contributed by atoms with van der Waals surface area (Å²) in [5, 5.41) is 10.2. The molecule has 3 nitrogen and oxygen atoms in total. The van der Waals surface area contributed by atoms with Gasteiger partial charge in [-0.1, -0.05) is 0 Å². The molecule has 0 aliphatic rings. The third kappa shape index (κ3) is 1.87. The molecular weight excluding hydrogens is 141 g/mol. The molecule has 1 aromatic rings. The molecule has 0 aromatic carbocycles. The predicted octanol–water partition coefficient (Wildman–Crippen LogP) is -3.31. The molecule has 0 unspecified atom stereocenters. The van der Waals surface area contributed by atoms with Gasteiger partial charge in [-0.25, -0.2) is 0 Å². The molecule has 0 aliphatic heterocycles. The zero-order valence-corrected chi connectivity index (χ0v) is 7.97. The maximum Gasteiger partial charge on any atom is 1.00 e. The summed E-state index contributed by atoms with van der Waals surface area (Å²) in [7, 11) is 0. The number of carboxylic acids is 1. The van der Waals surface area contributed by atoms with E-state index >= 15 is 0 Å². The van der Waals surface area contributed by atoms with Gasteiger partial charge in [0.25, 0.3) is 0 Å². The second-order valence-corrected chi connectivity index (χ2v) is 1.80. The first-order chi connectivity index (χ1) is 4.22. The summed E-state index contributed by atoms with van der Waals surface area (Å²) in [6, 6.07) is 1.48. The molecule has 0 amide bonds. The summed E-state index contributed by atoms with van der Waals surface area (Å²) in [5.41, 5.74) is 0.866. The fourth-order valence-electron chi connectivity index (χ4n) is 0.674. The Kier molecular flexibility index (Phi) is 3.71. The summed E-state index contributed by atoms with van der Waals surface area (Å²) in [6.07, 6.45) is 1.57. The Morgan fingerprint density at radius 2 is 2.30 bits per heavy atom. The molecule has 10 heavy (non-hydrogen) atoms. The Balaban J connectivity index is 0.000000810. The number of rotatable bonds is 1. The number of aromatic carboxylic acids is 1. The molecule has 0 spiro atoms. The fraction of sp³-hybridized carbons (Fsp3) is 0.167. The van der Waals surface area contributed by atoms with Crippen LogP contribution in [-0.4, -0.2) is 11.0 Å². The zero-order valence-electron chi connectivity index (χ0n) is 5.97. The molecule has 48 valence electrons. The first-order valence-electron chi connectivity index (χ1n) is 2.57. The molecule has 1 rings (SSSR count). The number of H-pyrrole nitrogens is 1. The van der Waals surface area contributed by atoms with E-state index in [4.69, 9.17) is 0 Å². The number of hydrogen-bond donors (Lipinski definition) is 1. The van der Waals surface area contributed by atoms with E-state index < -0.39 is 5.97 Å². The van der Waals surface area contributed by atoms with Gasteiger partial charge in [-0.3, -0.25) is 0 Å². The molecule has 4 heteroatoms. The zero-order chi connectivity index (χ0) is 6.85. The maximum atomic E-state index is 10.2. The first kappa shape index (κ1) is 9.75. The number of aromatic nitrogens is 1. The monoisotopic (exact) mass is 147 g/mol. The molecule has 1 N–H and O–H groups in total. The summed E-state index contributed by atoms with van der Waals surface area (Å²) >= 11 is 0. The smallest absolute Gasteiger partial charge is 0.545 e. The Hall–Kier alpha value is -0.250. The van der Waals surface area contributed by atoms with E-state index in [9.17, 15) is 9.90 Å². The van der Waals surface area contributed by atoms with Gasteiger partial charge in [-0.2, -0.15) is 0 Å². The second-order valence-electron chi connectivity index (χ2n) is 1.80. The number of nitrogens with one attached hydrogen (secondary N) is 1. The topological polar surface area (TPSA) is 55.9 Å². The Labute approximate surface area is 80.7 Å². The number of carboxylic acid groups (broad SMARTS) is 1. The molecule has 0 radical (unpaired) electrons. The van der Waals surface area contributed by atoms with Gasteiger partial charge in [0.05, 0.1) is 5.97 Å². The largest absolute Gasteiger partial charge is 1.00 e. The van der Waals surface area contributed by atoms with Gasteiger partial charge < -0.3 is 14.9 Å². The maximum absolute atomic E-state index is 10.2. The van der Waals surface area contributed by atoms with E-state index in [1.165, 1.54) is 6.07 Å². The summed E-state index contributed by atoms with van der Waals surface area (Å²) < 4.78 is 0. The Morgan fingerprint density at radius 3 is 2.50 bits per heavy atom. The quantitative estimate of drug-likeness (QED) is 0.423. The van der Waals surface area contributed by atoms with Crippen LogP contribution in [0.4, 0.5) is 0 Å². The third-order valence-corrected chi connectivity index (χ3v) is 1.17. The predicted molar refractivity (Wildman–Crippen MR) is 29.9 cm³/mol. The van der Waals surface area contributed by atoms with Crippen molar-refractivity contribution in [2.45, 2.75) is 6.92 Å². The molecule has 1 aromatic heterocycles. The summed E-state index contributed by atoms with van der Waals surface area (Å²) in [5.74, 6) is -1.13. The average Bonchev–Trinajstić information content (AvgIpc) is 2.13. The molecule has 1 heterocycles. The van der Waals surface area contributed by atoms with Crippen LogP contribution in [0, 0.1) is 6.92 Å². The normalized spacial score (nSPS) is 8.50. The summed E-state index contributed by atoms with van der Waals surface area (Å²) in [6.45, 7) is 1.69. The number of carbonyl (C=O) groups excluding carboxylic acids is 1. The fourth-order valence-corrected chi connectivity index (χ4v) is 0.674. The minimum absolute atomic E-state index is 0. The van der Waals surface area contributed by atoms with E-state index in [2.05, 4.69) is 4.98 Å². The van der Waals surface area contributed by atoms with Gasteiger partial charge in [-0.15, -0.1) is 0 Å². The van der Waals surface area contributed by atoms with Crippen LogP contribution in [-0.2, 0) is 0 Å². The number of hydrogen-bond acceptors (Lipinski definition) is 2. The molecule has 0 bridgehead atoms. The van der Waals surface area contributed by atoms with Crippen LogP contribution >= 0.6 is 0 Å². The van der Waals surface area contributed by atoms with Crippen LogP contribution in [0.15, 0.2) is 12.3 Å². The van der Waals surface area contributed by atoms with Crippen molar-refractivity contribution < 1.29 is 39.5 Å².